The Morgan fingerprint density at radius 2 is 1.82 bits per heavy atom. The molecule has 4 aromatic rings. The van der Waals surface area contributed by atoms with Crippen molar-refractivity contribution in [3.8, 4) is 16.9 Å². The zero-order chi connectivity index (χ0) is 28.4. The number of hydrogen-bond donors (Lipinski definition) is 1. The van der Waals surface area contributed by atoms with Crippen LogP contribution in [0.5, 0.6) is 5.75 Å². The average molecular weight is 584 g/mol. The summed E-state index contributed by atoms with van der Waals surface area (Å²) in [5.41, 5.74) is 2.77. The molecule has 40 heavy (non-hydrogen) atoms. The van der Waals surface area contributed by atoms with E-state index in [0.29, 0.717) is 11.7 Å². The van der Waals surface area contributed by atoms with Crippen LogP contribution in [0.4, 0.5) is 14.6 Å². The van der Waals surface area contributed by atoms with Crippen LogP contribution < -0.4 is 10.1 Å². The van der Waals surface area contributed by atoms with Crippen LogP contribution in [0.2, 0.25) is 5.02 Å². The third-order valence-corrected chi connectivity index (χ3v) is 9.62. The van der Waals surface area contributed by atoms with E-state index in [0.717, 1.165) is 78.1 Å². The Balaban J connectivity index is 1.56. The first-order valence-electron chi connectivity index (χ1n) is 13.5. The van der Waals surface area contributed by atoms with Gasteiger partial charge < -0.3 is 15.0 Å². The van der Waals surface area contributed by atoms with Crippen molar-refractivity contribution in [2.24, 2.45) is 5.92 Å². The molecule has 0 atom stereocenters. The molecule has 0 saturated heterocycles. The molecule has 0 spiro atoms. The van der Waals surface area contributed by atoms with Crippen LogP contribution in [0, 0.1) is 17.6 Å². The number of carbonyl (C=O) groups excluding carboxylic acids is 1. The number of anilines is 1. The van der Waals surface area contributed by atoms with Crippen LogP contribution in [0.3, 0.4) is 0 Å². The Labute approximate surface area is 242 Å². The van der Waals surface area contributed by atoms with Crippen molar-refractivity contribution >= 4 is 44.7 Å². The quantitative estimate of drug-likeness (QED) is 0.226. The van der Waals surface area contributed by atoms with Crippen molar-refractivity contribution < 1.29 is 18.3 Å². The van der Waals surface area contributed by atoms with E-state index in [4.69, 9.17) is 16.3 Å². The topological polar surface area (TPSA) is 54.5 Å². The van der Waals surface area contributed by atoms with Crippen LogP contribution in [-0.2, 0) is 6.54 Å². The van der Waals surface area contributed by atoms with E-state index in [1.165, 1.54) is 0 Å². The lowest BCUT2D eigenvalue weighted by Gasteiger charge is -2.37. The van der Waals surface area contributed by atoms with Gasteiger partial charge in [0.25, 0.3) is 5.91 Å². The first kappa shape index (κ1) is 28.3. The fourth-order valence-corrected chi connectivity index (χ4v) is 7.11. The zero-order valence-corrected chi connectivity index (χ0v) is 24.3. The molecular formula is C31H32ClF2N3O2S. The number of halogens is 3. The van der Waals surface area contributed by atoms with Gasteiger partial charge in [0.2, 0.25) is 0 Å². The van der Waals surface area contributed by atoms with E-state index in [1.54, 1.807) is 13.3 Å². The molecule has 1 amide bonds. The van der Waals surface area contributed by atoms with Gasteiger partial charge >= 0.3 is 0 Å². The standard InChI is InChI=1S/C31H32ClF2N3O2S/c1-4-18-5-8-22(9-6-18)37(31(38)30-28(32)27-23(33)10-11-24(34)29(27)40-30)17-21-15-19(7-12-25(21)39-3)20-13-14-36-26(16-20)35-2/h7,10-16,18,22H,4-6,8-9,17H2,1-3H3,(H,35,36)/t18-,22-. The summed E-state index contributed by atoms with van der Waals surface area (Å²) in [6, 6.07) is 11.9. The van der Waals surface area contributed by atoms with Crippen molar-refractivity contribution in [1.29, 1.82) is 0 Å². The van der Waals surface area contributed by atoms with Gasteiger partial charge in [-0.15, -0.1) is 11.3 Å². The molecule has 5 rings (SSSR count). The van der Waals surface area contributed by atoms with Crippen LogP contribution >= 0.6 is 22.9 Å². The van der Waals surface area contributed by atoms with Crippen LogP contribution in [0.25, 0.3) is 21.2 Å². The molecule has 1 aliphatic carbocycles. The number of ether oxygens (including phenoxy) is 1. The molecule has 9 heteroatoms. The molecule has 1 saturated carbocycles. The van der Waals surface area contributed by atoms with Gasteiger partial charge in [0.1, 0.15) is 28.1 Å². The first-order valence-corrected chi connectivity index (χ1v) is 14.7. The van der Waals surface area contributed by atoms with Crippen molar-refractivity contribution in [3.63, 3.8) is 0 Å². The maximum Gasteiger partial charge on any atom is 0.266 e. The normalized spacial score (nSPS) is 17.1. The maximum absolute atomic E-state index is 14.7. The van der Waals surface area contributed by atoms with Gasteiger partial charge in [-0.3, -0.25) is 4.79 Å². The minimum atomic E-state index is -0.639. The molecule has 0 bridgehead atoms. The summed E-state index contributed by atoms with van der Waals surface area (Å²) in [6.07, 6.45) is 6.61. The summed E-state index contributed by atoms with van der Waals surface area (Å²) in [5, 5.41) is 2.99. The molecule has 1 fully saturated rings. The van der Waals surface area contributed by atoms with Crippen molar-refractivity contribution in [3.05, 3.63) is 75.8 Å². The van der Waals surface area contributed by atoms with Gasteiger partial charge in [0.05, 0.1) is 22.2 Å². The number of fused-ring (bicyclic) bond motifs is 1. The summed E-state index contributed by atoms with van der Waals surface area (Å²) < 4.78 is 35.0. The molecular weight excluding hydrogens is 552 g/mol. The second-order valence-electron chi connectivity index (χ2n) is 10.2. The summed E-state index contributed by atoms with van der Waals surface area (Å²) in [7, 11) is 3.43. The van der Waals surface area contributed by atoms with Crippen LogP contribution in [0.15, 0.2) is 48.7 Å². The molecule has 0 radical (unpaired) electrons. The number of amides is 1. The Hall–Kier alpha value is -3.23. The number of benzene rings is 2. The van der Waals surface area contributed by atoms with Gasteiger partial charge in [0, 0.05) is 31.4 Å². The molecule has 2 aromatic heterocycles. The highest BCUT2D eigenvalue weighted by Gasteiger charge is 2.33. The second-order valence-corrected chi connectivity index (χ2v) is 11.6. The largest absolute Gasteiger partial charge is 0.496 e. The maximum atomic E-state index is 14.7. The number of nitrogens with one attached hydrogen (secondary N) is 1. The molecule has 2 heterocycles. The lowest BCUT2D eigenvalue weighted by Crippen LogP contribution is -2.41. The molecule has 2 aromatic carbocycles. The molecule has 5 nitrogen and oxygen atoms in total. The first-order chi connectivity index (χ1) is 19.3. The summed E-state index contributed by atoms with van der Waals surface area (Å²) in [6.45, 7) is 2.47. The smallest absolute Gasteiger partial charge is 0.266 e. The average Bonchev–Trinajstić information content (AvgIpc) is 3.35. The SMILES string of the molecule is CC[C@H]1CC[C@H](N(Cc2cc(-c3ccnc(NC)c3)ccc2OC)C(=O)c2sc3c(F)ccc(F)c3c2Cl)CC1. The minimum Gasteiger partial charge on any atom is -0.496 e. The summed E-state index contributed by atoms with van der Waals surface area (Å²) >= 11 is 7.48. The number of pyridine rings is 1. The van der Waals surface area contributed by atoms with Crippen LogP contribution in [-0.4, -0.2) is 36.0 Å². The predicted molar refractivity (Wildman–Crippen MR) is 158 cm³/mol. The van der Waals surface area contributed by atoms with Gasteiger partial charge in [-0.05, 0) is 79.1 Å². The third-order valence-electron chi connectivity index (χ3n) is 7.94. The van der Waals surface area contributed by atoms with E-state index in [2.05, 4.69) is 17.2 Å². The van der Waals surface area contributed by atoms with E-state index >= 15 is 0 Å². The van der Waals surface area contributed by atoms with Gasteiger partial charge in [-0.25, -0.2) is 13.8 Å². The summed E-state index contributed by atoms with van der Waals surface area (Å²) in [5.74, 6) is 0.489. The predicted octanol–water partition coefficient (Wildman–Crippen LogP) is 8.56. The Kier molecular flexibility index (Phi) is 8.57. The number of hydrogen-bond acceptors (Lipinski definition) is 5. The van der Waals surface area contributed by atoms with Gasteiger partial charge in [0.15, 0.2) is 0 Å². The van der Waals surface area contributed by atoms with E-state index < -0.39 is 11.6 Å². The molecule has 1 N–H and O–H groups in total. The zero-order valence-electron chi connectivity index (χ0n) is 22.8. The number of rotatable bonds is 8. The highest BCUT2D eigenvalue weighted by molar-refractivity contribution is 7.21. The molecule has 0 aliphatic heterocycles. The van der Waals surface area contributed by atoms with Gasteiger partial charge in [-0.1, -0.05) is 31.0 Å². The number of carbonyl (C=O) groups is 1. The lowest BCUT2D eigenvalue weighted by molar-refractivity contribution is 0.0591. The van der Waals surface area contributed by atoms with Gasteiger partial charge in [-0.2, -0.15) is 0 Å². The van der Waals surface area contributed by atoms with E-state index in [-0.39, 0.29) is 38.5 Å². The highest BCUT2D eigenvalue weighted by atomic mass is 35.5. The minimum absolute atomic E-state index is 0.0311. The Morgan fingerprint density at radius 1 is 1.10 bits per heavy atom. The molecule has 210 valence electrons. The lowest BCUT2D eigenvalue weighted by atomic mass is 9.83. The number of aromatic nitrogens is 1. The fourth-order valence-electron chi connectivity index (χ4n) is 5.61. The second kappa shape index (κ2) is 12.1. The van der Waals surface area contributed by atoms with Crippen molar-refractivity contribution in [2.75, 3.05) is 19.5 Å². The van der Waals surface area contributed by atoms with E-state index in [1.807, 2.05) is 42.3 Å². The Bertz CT molecular complexity index is 1530. The molecule has 0 unspecified atom stereocenters. The fraction of sp³-hybridized carbons (Fsp3) is 0.355. The Morgan fingerprint density at radius 3 is 2.50 bits per heavy atom. The van der Waals surface area contributed by atoms with Crippen molar-refractivity contribution in [1.82, 2.24) is 9.88 Å². The third kappa shape index (κ3) is 5.52. The monoisotopic (exact) mass is 583 g/mol. The highest BCUT2D eigenvalue weighted by Crippen LogP contribution is 2.41. The number of methoxy groups -OCH3 is 1. The molecule has 1 aliphatic rings. The van der Waals surface area contributed by atoms with Crippen molar-refractivity contribution in [2.45, 2.75) is 51.6 Å². The van der Waals surface area contributed by atoms with Crippen LogP contribution in [0.1, 0.15) is 54.3 Å². The van der Waals surface area contributed by atoms with E-state index in [9.17, 15) is 13.6 Å². The summed E-state index contributed by atoms with van der Waals surface area (Å²) in [4.78, 5) is 20.5. The number of thiophene rings is 1. The number of nitrogens with zero attached hydrogens (tertiary/aromatic N) is 2.